The van der Waals surface area contributed by atoms with Gasteiger partial charge < -0.3 is 9.47 Å². The molecule has 0 bridgehead atoms. The average molecular weight is 653 g/mol. The number of halogens is 2. The van der Waals surface area contributed by atoms with Crippen molar-refractivity contribution >= 4 is 74.5 Å². The lowest BCUT2D eigenvalue weighted by Gasteiger charge is -2.15. The molecule has 1 heterocycles. The molecular weight excluding hydrogens is 631 g/mol. The Kier molecular flexibility index (Phi) is 8.36. The molecule has 4 aromatic rings. The minimum absolute atomic E-state index is 0.132. The number of hydrogen-bond acceptors (Lipinski definition) is 5. The van der Waals surface area contributed by atoms with Crippen molar-refractivity contribution in [2.24, 2.45) is 4.99 Å². The van der Waals surface area contributed by atoms with Crippen LogP contribution in [-0.2, 0) is 11.4 Å². The van der Waals surface area contributed by atoms with E-state index in [1.165, 1.54) is 11.8 Å². The van der Waals surface area contributed by atoms with Gasteiger partial charge in [-0.1, -0.05) is 60.1 Å². The fourth-order valence-electron chi connectivity index (χ4n) is 3.82. The van der Waals surface area contributed by atoms with Crippen molar-refractivity contribution in [2.45, 2.75) is 6.61 Å². The second-order valence-corrected chi connectivity index (χ2v) is 10.9. The summed E-state index contributed by atoms with van der Waals surface area (Å²) in [7, 11) is 1.61. The number of amides is 1. The Bertz CT molecular complexity index is 1510. The summed E-state index contributed by atoms with van der Waals surface area (Å²) in [5, 5.41) is 1.28. The molecule has 1 aliphatic rings. The number of thioether (sulfide) groups is 1. The number of nitrogens with zero attached hydrogens (tertiary/aromatic N) is 2. The zero-order valence-electron chi connectivity index (χ0n) is 20.3. The van der Waals surface area contributed by atoms with Crippen molar-refractivity contribution in [2.75, 3.05) is 12.0 Å². The zero-order chi connectivity index (χ0) is 26.5. The van der Waals surface area contributed by atoms with E-state index in [1.807, 2.05) is 103 Å². The first-order valence-corrected chi connectivity index (χ1v) is 14.0. The van der Waals surface area contributed by atoms with E-state index in [-0.39, 0.29) is 5.91 Å². The predicted molar refractivity (Wildman–Crippen MR) is 165 cm³/mol. The fourth-order valence-corrected chi connectivity index (χ4v) is 5.73. The Balaban J connectivity index is 1.45. The Morgan fingerprint density at radius 3 is 2.34 bits per heavy atom. The first-order chi connectivity index (χ1) is 18.5. The third-order valence-electron chi connectivity index (χ3n) is 5.65. The van der Waals surface area contributed by atoms with E-state index in [0.29, 0.717) is 33.2 Å². The monoisotopic (exact) mass is 652 g/mol. The van der Waals surface area contributed by atoms with Gasteiger partial charge in [-0.15, -0.1) is 0 Å². The number of carbonyl (C=O) groups is 1. The van der Waals surface area contributed by atoms with Crippen molar-refractivity contribution < 1.29 is 14.3 Å². The van der Waals surface area contributed by atoms with Crippen LogP contribution in [0.15, 0.2) is 107 Å². The lowest BCUT2D eigenvalue weighted by molar-refractivity contribution is -0.113. The van der Waals surface area contributed by atoms with E-state index in [2.05, 4.69) is 22.6 Å². The molecule has 0 N–H and O–H groups in total. The van der Waals surface area contributed by atoms with E-state index in [0.717, 1.165) is 26.1 Å². The predicted octanol–water partition coefficient (Wildman–Crippen LogP) is 8.34. The number of anilines is 1. The van der Waals surface area contributed by atoms with Crippen LogP contribution in [0.2, 0.25) is 5.02 Å². The zero-order valence-corrected chi connectivity index (χ0v) is 24.0. The molecule has 0 spiro atoms. The summed E-state index contributed by atoms with van der Waals surface area (Å²) in [6.45, 7) is 0.379. The van der Waals surface area contributed by atoms with Crippen LogP contribution in [0.5, 0.6) is 11.5 Å². The lowest BCUT2D eigenvalue weighted by atomic mass is 10.1. The fraction of sp³-hybridized carbons (Fsp3) is 0.0667. The molecule has 0 radical (unpaired) electrons. The second-order valence-electron chi connectivity index (χ2n) is 8.27. The summed E-state index contributed by atoms with van der Waals surface area (Å²) in [6, 6.07) is 30.5. The summed E-state index contributed by atoms with van der Waals surface area (Å²) in [6.07, 6.45) is 1.87. The highest BCUT2D eigenvalue weighted by Crippen LogP contribution is 2.39. The van der Waals surface area contributed by atoms with Gasteiger partial charge in [0.15, 0.2) is 16.7 Å². The number of methoxy groups -OCH3 is 1. The Labute approximate surface area is 244 Å². The number of benzene rings is 4. The quantitative estimate of drug-likeness (QED) is 0.149. The van der Waals surface area contributed by atoms with Crippen LogP contribution in [0.25, 0.3) is 6.08 Å². The first-order valence-electron chi connectivity index (χ1n) is 11.7. The van der Waals surface area contributed by atoms with Gasteiger partial charge in [-0.25, -0.2) is 4.99 Å². The van der Waals surface area contributed by atoms with Gasteiger partial charge in [0.2, 0.25) is 0 Å². The number of hydrogen-bond donors (Lipinski definition) is 0. The van der Waals surface area contributed by atoms with Crippen LogP contribution >= 0.6 is 46.0 Å². The molecule has 190 valence electrons. The first kappa shape index (κ1) is 26.3. The molecule has 1 saturated heterocycles. The number of aliphatic imine (C=N–C) groups is 1. The Morgan fingerprint density at radius 2 is 1.66 bits per heavy atom. The molecule has 0 unspecified atom stereocenters. The van der Waals surface area contributed by atoms with Gasteiger partial charge in [-0.05, 0) is 100 Å². The van der Waals surface area contributed by atoms with Crippen LogP contribution in [0, 0.1) is 3.57 Å². The molecule has 38 heavy (non-hydrogen) atoms. The lowest BCUT2D eigenvalue weighted by Crippen LogP contribution is -2.28. The third-order valence-corrected chi connectivity index (χ3v) is 7.67. The van der Waals surface area contributed by atoms with Crippen LogP contribution < -0.4 is 14.4 Å². The number of rotatable bonds is 7. The largest absolute Gasteiger partial charge is 0.493 e. The van der Waals surface area contributed by atoms with Crippen molar-refractivity contribution in [3.8, 4) is 11.5 Å². The molecule has 1 fully saturated rings. The summed E-state index contributed by atoms with van der Waals surface area (Å²) < 4.78 is 12.6. The van der Waals surface area contributed by atoms with Crippen molar-refractivity contribution in [3.63, 3.8) is 0 Å². The third kappa shape index (κ3) is 6.06. The molecule has 0 saturated carbocycles. The normalized spacial score (nSPS) is 15.3. The molecule has 1 aliphatic heterocycles. The maximum atomic E-state index is 13.6. The van der Waals surface area contributed by atoms with Crippen LogP contribution in [0.4, 0.5) is 11.4 Å². The molecule has 4 aromatic carbocycles. The number of ether oxygens (including phenoxy) is 2. The van der Waals surface area contributed by atoms with E-state index in [4.69, 9.17) is 26.1 Å². The van der Waals surface area contributed by atoms with Gasteiger partial charge in [-0.2, -0.15) is 0 Å². The van der Waals surface area contributed by atoms with E-state index < -0.39 is 0 Å². The summed E-state index contributed by atoms with van der Waals surface area (Å²) in [5.74, 6) is 1.10. The van der Waals surface area contributed by atoms with Gasteiger partial charge in [0, 0.05) is 5.02 Å². The highest BCUT2D eigenvalue weighted by Gasteiger charge is 2.34. The van der Waals surface area contributed by atoms with Crippen LogP contribution in [0.3, 0.4) is 0 Å². The Morgan fingerprint density at radius 1 is 0.974 bits per heavy atom. The molecule has 1 amide bonds. The maximum Gasteiger partial charge on any atom is 0.271 e. The number of amidine groups is 1. The number of carbonyl (C=O) groups excluding carboxylic acids is 1. The molecular formula is C30H22ClIN2O3S. The summed E-state index contributed by atoms with van der Waals surface area (Å²) in [4.78, 5) is 20.6. The van der Waals surface area contributed by atoms with E-state index in [1.54, 1.807) is 12.0 Å². The van der Waals surface area contributed by atoms with Gasteiger partial charge in [0.25, 0.3) is 5.91 Å². The molecule has 5 nitrogen and oxygen atoms in total. The Hall–Kier alpha value is -3.27. The van der Waals surface area contributed by atoms with Crippen molar-refractivity contribution in [1.29, 1.82) is 0 Å². The van der Waals surface area contributed by atoms with Crippen molar-refractivity contribution in [3.05, 3.63) is 122 Å². The average Bonchev–Trinajstić information content (AvgIpc) is 3.23. The van der Waals surface area contributed by atoms with E-state index >= 15 is 0 Å². The van der Waals surface area contributed by atoms with Crippen LogP contribution in [0.1, 0.15) is 11.1 Å². The topological polar surface area (TPSA) is 51.1 Å². The molecule has 0 atom stereocenters. The minimum Gasteiger partial charge on any atom is -0.493 e. The van der Waals surface area contributed by atoms with Gasteiger partial charge in [0.1, 0.15) is 6.61 Å². The van der Waals surface area contributed by atoms with Crippen molar-refractivity contribution in [1.82, 2.24) is 0 Å². The molecule has 0 aliphatic carbocycles. The standard InChI is InChI=1S/C30H22ClIN2O3S/c1-36-26-17-21(16-25(32)28(26)37-19-20-12-14-22(31)15-13-20)18-27-29(35)34(24-10-6-3-7-11-24)30(38-27)33-23-8-4-2-5-9-23/h2-18H,19H2,1H3/b27-18-,33-30?. The molecule has 0 aromatic heterocycles. The minimum atomic E-state index is -0.132. The second kappa shape index (κ2) is 12.1. The summed E-state index contributed by atoms with van der Waals surface area (Å²) in [5.41, 5.74) is 3.37. The molecule has 8 heteroatoms. The van der Waals surface area contributed by atoms with Crippen LogP contribution in [-0.4, -0.2) is 18.2 Å². The van der Waals surface area contributed by atoms with Gasteiger partial charge >= 0.3 is 0 Å². The van der Waals surface area contributed by atoms with E-state index in [9.17, 15) is 4.79 Å². The summed E-state index contributed by atoms with van der Waals surface area (Å²) >= 11 is 9.56. The number of para-hydroxylation sites is 2. The highest BCUT2D eigenvalue weighted by atomic mass is 127. The SMILES string of the molecule is COc1cc(/C=C2\SC(=Nc3ccccc3)N(c3ccccc3)C2=O)cc(I)c1OCc1ccc(Cl)cc1. The van der Waals surface area contributed by atoms with Gasteiger partial charge in [-0.3, -0.25) is 9.69 Å². The molecule has 5 rings (SSSR count). The van der Waals surface area contributed by atoms with Gasteiger partial charge in [0.05, 0.1) is 27.0 Å². The highest BCUT2D eigenvalue weighted by molar-refractivity contribution is 14.1. The maximum absolute atomic E-state index is 13.6. The smallest absolute Gasteiger partial charge is 0.271 e.